The smallest absolute Gasteiger partial charge is 0.408 e. The van der Waals surface area contributed by atoms with Gasteiger partial charge in [-0.05, 0) is 18.2 Å². The Labute approximate surface area is 106 Å². The summed E-state index contributed by atoms with van der Waals surface area (Å²) < 4.78 is 33.1. The van der Waals surface area contributed by atoms with Gasteiger partial charge in [-0.25, -0.2) is 13.6 Å². The summed E-state index contributed by atoms with van der Waals surface area (Å²) in [6.07, 6.45) is -2.55. The minimum absolute atomic E-state index is 0.00706. The highest BCUT2D eigenvalue weighted by atomic mass is 19.3. The highest BCUT2D eigenvalue weighted by molar-refractivity contribution is 5.98. The lowest BCUT2D eigenvalue weighted by atomic mass is 10.1. The van der Waals surface area contributed by atoms with Crippen LogP contribution in [0.1, 0.15) is 16.8 Å². The molecule has 19 heavy (non-hydrogen) atoms. The molecular formula is C12H11F2NO4. The van der Waals surface area contributed by atoms with Crippen molar-refractivity contribution < 1.29 is 22.7 Å². The van der Waals surface area contributed by atoms with Crippen molar-refractivity contribution >= 4 is 16.9 Å². The molecule has 0 fully saturated rings. The number of oxazole rings is 1. The fourth-order valence-electron chi connectivity index (χ4n) is 1.60. The maximum Gasteiger partial charge on any atom is 0.417 e. The molecule has 0 spiro atoms. The third-order valence-electron chi connectivity index (χ3n) is 2.46. The summed E-state index contributed by atoms with van der Waals surface area (Å²) in [5.74, 6) is -0.861. The molecule has 7 heteroatoms. The number of ketones is 1. The number of carbonyl (C=O) groups is 1. The number of Topliss-reactive ketones (excluding diaryl/α,β-unsaturated/α-hetero) is 1. The summed E-state index contributed by atoms with van der Waals surface area (Å²) >= 11 is 0. The molecule has 1 aromatic heterocycles. The van der Waals surface area contributed by atoms with Crippen molar-refractivity contribution in [2.24, 2.45) is 0 Å². The van der Waals surface area contributed by atoms with E-state index in [2.05, 4.69) is 9.72 Å². The Kier molecular flexibility index (Phi) is 4.06. The molecule has 1 N–H and O–H groups in total. The number of carbonyl (C=O) groups excluding carboxylic acids is 1. The summed E-state index contributed by atoms with van der Waals surface area (Å²) in [7, 11) is 0. The zero-order valence-electron chi connectivity index (χ0n) is 9.82. The molecule has 5 nitrogen and oxygen atoms in total. The number of ether oxygens (including phenoxy) is 1. The second-order valence-corrected chi connectivity index (χ2v) is 3.86. The van der Waals surface area contributed by atoms with Crippen molar-refractivity contribution in [3.63, 3.8) is 0 Å². The number of aromatic amines is 1. The van der Waals surface area contributed by atoms with Gasteiger partial charge in [0.05, 0.1) is 12.1 Å². The topological polar surface area (TPSA) is 72.3 Å². The van der Waals surface area contributed by atoms with Gasteiger partial charge in [0.2, 0.25) is 0 Å². The maximum atomic E-state index is 11.8. The van der Waals surface area contributed by atoms with Crippen LogP contribution in [-0.4, -0.2) is 30.4 Å². The number of H-pyrrole nitrogens is 1. The fraction of sp³-hybridized carbons (Fsp3) is 0.333. The van der Waals surface area contributed by atoms with Crippen LogP contribution in [0.2, 0.25) is 0 Å². The van der Waals surface area contributed by atoms with Crippen LogP contribution in [0.3, 0.4) is 0 Å². The fourth-order valence-corrected chi connectivity index (χ4v) is 1.60. The van der Waals surface area contributed by atoms with E-state index in [9.17, 15) is 18.4 Å². The lowest BCUT2D eigenvalue weighted by Gasteiger charge is -2.03. The van der Waals surface area contributed by atoms with E-state index in [-0.39, 0.29) is 24.4 Å². The third kappa shape index (κ3) is 3.47. The van der Waals surface area contributed by atoms with Crippen LogP contribution in [0.25, 0.3) is 11.1 Å². The SMILES string of the molecule is O=C(CCOCC(F)F)c1ccc2[nH]c(=O)oc2c1. The first kappa shape index (κ1) is 13.4. The van der Waals surface area contributed by atoms with E-state index in [1.54, 1.807) is 6.07 Å². The van der Waals surface area contributed by atoms with Crippen molar-refractivity contribution in [3.8, 4) is 0 Å². The predicted octanol–water partition coefficient (Wildman–Crippen LogP) is 1.98. The van der Waals surface area contributed by atoms with Crippen LogP contribution < -0.4 is 5.76 Å². The van der Waals surface area contributed by atoms with Crippen LogP contribution in [0.5, 0.6) is 0 Å². The van der Waals surface area contributed by atoms with Crippen molar-refractivity contribution in [1.82, 2.24) is 4.98 Å². The zero-order valence-corrected chi connectivity index (χ0v) is 9.82. The highest BCUT2D eigenvalue weighted by Gasteiger charge is 2.10. The van der Waals surface area contributed by atoms with E-state index in [1.165, 1.54) is 12.1 Å². The van der Waals surface area contributed by atoms with Crippen molar-refractivity contribution in [2.75, 3.05) is 13.2 Å². The largest absolute Gasteiger partial charge is 0.417 e. The number of benzene rings is 1. The maximum absolute atomic E-state index is 11.8. The first-order chi connectivity index (χ1) is 9.06. The summed E-state index contributed by atoms with van der Waals surface area (Å²) in [4.78, 5) is 25.1. The number of halogens is 2. The Hall–Kier alpha value is -2.02. The molecule has 0 aliphatic carbocycles. The standard InChI is InChI=1S/C12H11F2NO4/c13-11(14)6-18-4-3-9(16)7-1-2-8-10(5-7)19-12(17)15-8/h1-2,5,11H,3-4,6H2,(H,15,17). The normalized spacial score (nSPS) is 11.3. The number of alkyl halides is 2. The molecule has 0 aliphatic heterocycles. The number of aromatic nitrogens is 1. The van der Waals surface area contributed by atoms with E-state index in [4.69, 9.17) is 4.42 Å². The molecule has 2 rings (SSSR count). The molecule has 0 unspecified atom stereocenters. The molecule has 1 aromatic carbocycles. The van der Waals surface area contributed by atoms with Gasteiger partial charge in [0, 0.05) is 12.0 Å². The first-order valence-corrected chi connectivity index (χ1v) is 5.58. The van der Waals surface area contributed by atoms with Crippen LogP contribution in [-0.2, 0) is 4.74 Å². The van der Waals surface area contributed by atoms with Crippen LogP contribution in [0.15, 0.2) is 27.4 Å². The third-order valence-corrected chi connectivity index (χ3v) is 2.46. The molecule has 0 amide bonds. The Morgan fingerprint density at radius 3 is 2.95 bits per heavy atom. The van der Waals surface area contributed by atoms with Gasteiger partial charge < -0.3 is 9.15 Å². The van der Waals surface area contributed by atoms with E-state index in [0.29, 0.717) is 11.1 Å². The van der Waals surface area contributed by atoms with Crippen LogP contribution >= 0.6 is 0 Å². The van der Waals surface area contributed by atoms with Gasteiger partial charge in [-0.2, -0.15) is 0 Å². The lowest BCUT2D eigenvalue weighted by molar-refractivity contribution is 0.0170. The highest BCUT2D eigenvalue weighted by Crippen LogP contribution is 2.13. The molecule has 102 valence electrons. The summed E-state index contributed by atoms with van der Waals surface area (Å²) in [6, 6.07) is 4.51. The van der Waals surface area contributed by atoms with Crippen molar-refractivity contribution in [2.45, 2.75) is 12.8 Å². The minimum atomic E-state index is -2.54. The lowest BCUT2D eigenvalue weighted by Crippen LogP contribution is -2.09. The minimum Gasteiger partial charge on any atom is -0.408 e. The summed E-state index contributed by atoms with van der Waals surface area (Å²) in [5, 5.41) is 0. The Morgan fingerprint density at radius 2 is 2.21 bits per heavy atom. The zero-order chi connectivity index (χ0) is 13.8. The first-order valence-electron chi connectivity index (χ1n) is 5.58. The second-order valence-electron chi connectivity index (χ2n) is 3.86. The molecule has 0 bridgehead atoms. The number of hydrogen-bond acceptors (Lipinski definition) is 4. The monoisotopic (exact) mass is 271 g/mol. The van der Waals surface area contributed by atoms with Gasteiger partial charge in [0.25, 0.3) is 6.43 Å². The van der Waals surface area contributed by atoms with Gasteiger partial charge in [-0.3, -0.25) is 9.78 Å². The molecule has 0 atom stereocenters. The average molecular weight is 271 g/mol. The van der Waals surface area contributed by atoms with Gasteiger partial charge in [-0.15, -0.1) is 0 Å². The Balaban J connectivity index is 1.99. The van der Waals surface area contributed by atoms with E-state index in [0.717, 1.165) is 0 Å². The Bertz CT molecular complexity index is 632. The quantitative estimate of drug-likeness (QED) is 0.644. The number of rotatable bonds is 6. The average Bonchev–Trinajstić information content (AvgIpc) is 2.73. The van der Waals surface area contributed by atoms with E-state index in [1.807, 2.05) is 0 Å². The van der Waals surface area contributed by atoms with E-state index < -0.39 is 18.8 Å². The van der Waals surface area contributed by atoms with Gasteiger partial charge in [-0.1, -0.05) is 0 Å². The van der Waals surface area contributed by atoms with Crippen LogP contribution in [0, 0.1) is 0 Å². The van der Waals surface area contributed by atoms with Gasteiger partial charge >= 0.3 is 5.76 Å². The molecule has 0 radical (unpaired) electrons. The van der Waals surface area contributed by atoms with E-state index >= 15 is 0 Å². The molecule has 0 aliphatic rings. The van der Waals surface area contributed by atoms with Crippen molar-refractivity contribution in [1.29, 1.82) is 0 Å². The Morgan fingerprint density at radius 1 is 1.42 bits per heavy atom. The van der Waals surface area contributed by atoms with Crippen LogP contribution in [0.4, 0.5) is 8.78 Å². The molecule has 1 heterocycles. The summed E-state index contributed by atoms with van der Waals surface area (Å²) in [5.41, 5.74) is 1.12. The second kappa shape index (κ2) is 5.75. The molecule has 0 saturated carbocycles. The number of hydrogen-bond donors (Lipinski definition) is 1. The predicted molar refractivity (Wildman–Crippen MR) is 62.6 cm³/mol. The summed E-state index contributed by atoms with van der Waals surface area (Å²) in [6.45, 7) is -0.753. The van der Waals surface area contributed by atoms with Crippen molar-refractivity contribution in [3.05, 3.63) is 34.3 Å². The number of nitrogens with one attached hydrogen (secondary N) is 1. The number of fused-ring (bicyclic) bond motifs is 1. The molecule has 2 aromatic rings. The molecule has 0 saturated heterocycles. The van der Waals surface area contributed by atoms with Gasteiger partial charge in [0.1, 0.15) is 6.61 Å². The molecular weight excluding hydrogens is 260 g/mol. The van der Waals surface area contributed by atoms with Gasteiger partial charge in [0.15, 0.2) is 11.4 Å².